The summed E-state index contributed by atoms with van der Waals surface area (Å²) in [4.78, 5) is 27.0. The third kappa shape index (κ3) is 4.99. The molecule has 0 radical (unpaired) electrons. The molecule has 1 aromatic carbocycles. The SMILES string of the molecule is CCOC(=O)c1c(C)[nH]c(C)c1S(=O)(=O)NCC(=O)Nc1cccc(CC)c1. The van der Waals surface area contributed by atoms with Crippen LogP contribution in [0.1, 0.15) is 41.2 Å². The number of nitrogens with one attached hydrogen (secondary N) is 3. The molecule has 0 bridgehead atoms. The number of ether oxygens (including phenoxy) is 1. The monoisotopic (exact) mass is 407 g/mol. The third-order valence-electron chi connectivity index (χ3n) is 4.11. The van der Waals surface area contributed by atoms with Crippen molar-refractivity contribution in [2.75, 3.05) is 18.5 Å². The first-order valence-electron chi connectivity index (χ1n) is 8.94. The molecule has 0 atom stereocenters. The Balaban J connectivity index is 2.16. The fourth-order valence-electron chi connectivity index (χ4n) is 2.85. The lowest BCUT2D eigenvalue weighted by atomic mass is 10.1. The molecule has 3 N–H and O–H groups in total. The largest absolute Gasteiger partial charge is 0.462 e. The van der Waals surface area contributed by atoms with E-state index in [-0.39, 0.29) is 17.1 Å². The second-order valence-corrected chi connectivity index (χ2v) is 7.93. The van der Waals surface area contributed by atoms with Gasteiger partial charge in [0.05, 0.1) is 13.2 Å². The Bertz CT molecular complexity index is 979. The number of sulfonamides is 1. The lowest BCUT2D eigenvalue weighted by molar-refractivity contribution is -0.115. The third-order valence-corrected chi connectivity index (χ3v) is 5.68. The summed E-state index contributed by atoms with van der Waals surface area (Å²) in [7, 11) is -4.11. The smallest absolute Gasteiger partial charge is 0.341 e. The number of aromatic nitrogens is 1. The van der Waals surface area contributed by atoms with Crippen molar-refractivity contribution >= 4 is 27.6 Å². The molecule has 28 heavy (non-hydrogen) atoms. The summed E-state index contributed by atoms with van der Waals surface area (Å²) in [5, 5.41) is 2.65. The molecule has 0 spiro atoms. The number of rotatable bonds is 8. The number of benzene rings is 1. The predicted molar refractivity (Wildman–Crippen MR) is 106 cm³/mol. The van der Waals surface area contributed by atoms with Crippen LogP contribution in [-0.2, 0) is 26.0 Å². The zero-order chi connectivity index (χ0) is 20.9. The summed E-state index contributed by atoms with van der Waals surface area (Å²) in [6.45, 7) is 6.42. The van der Waals surface area contributed by atoms with E-state index in [1.54, 1.807) is 26.8 Å². The van der Waals surface area contributed by atoms with Gasteiger partial charge in [-0.1, -0.05) is 19.1 Å². The van der Waals surface area contributed by atoms with Gasteiger partial charge in [-0.15, -0.1) is 0 Å². The molecule has 1 aromatic heterocycles. The number of hydrogen-bond acceptors (Lipinski definition) is 5. The maximum Gasteiger partial charge on any atom is 0.341 e. The predicted octanol–water partition coefficient (Wildman–Crippen LogP) is 2.29. The van der Waals surface area contributed by atoms with E-state index >= 15 is 0 Å². The highest BCUT2D eigenvalue weighted by molar-refractivity contribution is 7.89. The van der Waals surface area contributed by atoms with Crippen molar-refractivity contribution < 1.29 is 22.7 Å². The minimum absolute atomic E-state index is 0.0529. The zero-order valence-electron chi connectivity index (χ0n) is 16.4. The average Bonchev–Trinajstić information content (AvgIpc) is 2.95. The minimum atomic E-state index is -4.11. The van der Waals surface area contributed by atoms with Crippen molar-refractivity contribution in [3.05, 3.63) is 46.8 Å². The molecule has 0 aliphatic carbocycles. The fourth-order valence-corrected chi connectivity index (χ4v) is 4.27. The molecule has 1 amide bonds. The molecule has 1 heterocycles. The van der Waals surface area contributed by atoms with Crippen LogP contribution in [0.2, 0.25) is 0 Å². The van der Waals surface area contributed by atoms with Crippen molar-refractivity contribution in [3.63, 3.8) is 0 Å². The molecule has 0 unspecified atom stereocenters. The number of amides is 1. The zero-order valence-corrected chi connectivity index (χ0v) is 17.2. The number of aromatic amines is 1. The van der Waals surface area contributed by atoms with E-state index in [0.29, 0.717) is 17.1 Å². The van der Waals surface area contributed by atoms with Gasteiger partial charge in [-0.25, -0.2) is 17.9 Å². The Labute approximate surface area is 164 Å². The number of anilines is 1. The molecule has 2 rings (SSSR count). The highest BCUT2D eigenvalue weighted by Gasteiger charge is 2.30. The van der Waals surface area contributed by atoms with E-state index < -0.39 is 28.4 Å². The highest BCUT2D eigenvalue weighted by atomic mass is 32.2. The standard InChI is InChI=1S/C19H25N3O5S/c1-5-14-8-7-9-15(10-14)22-16(23)11-20-28(25,26)18-13(4)21-12(3)17(18)19(24)27-6-2/h7-10,20-21H,5-6,11H2,1-4H3,(H,22,23). The maximum atomic E-state index is 12.7. The number of H-pyrrole nitrogens is 1. The second-order valence-electron chi connectivity index (χ2n) is 6.23. The molecule has 0 aliphatic heterocycles. The number of esters is 1. The molecule has 0 saturated carbocycles. The van der Waals surface area contributed by atoms with Crippen molar-refractivity contribution in [2.24, 2.45) is 0 Å². The van der Waals surface area contributed by atoms with Gasteiger partial charge in [-0.2, -0.15) is 0 Å². The molecular formula is C19H25N3O5S. The van der Waals surface area contributed by atoms with Crippen LogP contribution in [-0.4, -0.2) is 38.4 Å². The maximum absolute atomic E-state index is 12.7. The van der Waals surface area contributed by atoms with Gasteiger partial charge in [0.1, 0.15) is 10.5 Å². The topological polar surface area (TPSA) is 117 Å². The Morgan fingerprint density at radius 1 is 1.14 bits per heavy atom. The van der Waals surface area contributed by atoms with Crippen LogP contribution in [0.3, 0.4) is 0 Å². The van der Waals surface area contributed by atoms with Crippen LogP contribution in [0, 0.1) is 13.8 Å². The molecule has 2 aromatic rings. The van der Waals surface area contributed by atoms with E-state index in [4.69, 9.17) is 4.74 Å². The van der Waals surface area contributed by atoms with Gasteiger partial charge in [0.25, 0.3) is 0 Å². The minimum Gasteiger partial charge on any atom is -0.462 e. The lowest BCUT2D eigenvalue weighted by Crippen LogP contribution is -2.33. The van der Waals surface area contributed by atoms with Gasteiger partial charge in [0.2, 0.25) is 15.9 Å². The van der Waals surface area contributed by atoms with Crippen LogP contribution in [0.15, 0.2) is 29.2 Å². The summed E-state index contributed by atoms with van der Waals surface area (Å²) in [6.07, 6.45) is 0.819. The summed E-state index contributed by atoms with van der Waals surface area (Å²) >= 11 is 0. The van der Waals surface area contributed by atoms with Crippen molar-refractivity contribution in [3.8, 4) is 0 Å². The van der Waals surface area contributed by atoms with Crippen LogP contribution < -0.4 is 10.0 Å². The first kappa shape index (κ1) is 21.6. The molecule has 152 valence electrons. The van der Waals surface area contributed by atoms with E-state index in [1.807, 2.05) is 25.1 Å². The Kier molecular flexibility index (Phi) is 6.98. The molecule has 9 heteroatoms. The molecular weight excluding hydrogens is 382 g/mol. The molecule has 0 saturated heterocycles. The second kappa shape index (κ2) is 9.03. The summed E-state index contributed by atoms with van der Waals surface area (Å²) in [5.41, 5.74) is 2.27. The average molecular weight is 407 g/mol. The van der Waals surface area contributed by atoms with Gasteiger partial charge in [-0.05, 0) is 44.9 Å². The van der Waals surface area contributed by atoms with Crippen molar-refractivity contribution in [2.45, 2.75) is 39.0 Å². The number of aryl methyl sites for hydroxylation is 3. The highest BCUT2D eigenvalue weighted by Crippen LogP contribution is 2.24. The Hall–Kier alpha value is -2.65. The van der Waals surface area contributed by atoms with E-state index in [0.717, 1.165) is 12.0 Å². The van der Waals surface area contributed by atoms with Crippen molar-refractivity contribution in [1.29, 1.82) is 0 Å². The van der Waals surface area contributed by atoms with Gasteiger partial charge in [-0.3, -0.25) is 4.79 Å². The van der Waals surface area contributed by atoms with Gasteiger partial charge in [0.15, 0.2) is 0 Å². The van der Waals surface area contributed by atoms with Gasteiger partial charge in [0, 0.05) is 17.1 Å². The summed E-state index contributed by atoms with van der Waals surface area (Å²) in [5.74, 6) is -1.25. The van der Waals surface area contributed by atoms with Crippen LogP contribution in [0.4, 0.5) is 5.69 Å². The lowest BCUT2D eigenvalue weighted by Gasteiger charge is -2.10. The summed E-state index contributed by atoms with van der Waals surface area (Å²) < 4.78 is 32.7. The van der Waals surface area contributed by atoms with Crippen molar-refractivity contribution in [1.82, 2.24) is 9.71 Å². The molecule has 0 aliphatic rings. The normalized spacial score (nSPS) is 11.3. The fraction of sp³-hybridized carbons (Fsp3) is 0.368. The first-order valence-corrected chi connectivity index (χ1v) is 10.4. The quantitative estimate of drug-likeness (QED) is 0.581. The van der Waals surface area contributed by atoms with Gasteiger partial charge < -0.3 is 15.0 Å². The Morgan fingerprint density at radius 2 is 1.86 bits per heavy atom. The number of carbonyl (C=O) groups is 2. The first-order chi connectivity index (χ1) is 13.2. The summed E-state index contributed by atoms with van der Waals surface area (Å²) in [6, 6.07) is 7.30. The number of hydrogen-bond donors (Lipinski definition) is 3. The van der Waals surface area contributed by atoms with E-state index in [9.17, 15) is 18.0 Å². The molecule has 0 fully saturated rings. The van der Waals surface area contributed by atoms with Crippen LogP contribution in [0.25, 0.3) is 0 Å². The van der Waals surface area contributed by atoms with Crippen LogP contribution in [0.5, 0.6) is 0 Å². The van der Waals surface area contributed by atoms with Crippen LogP contribution >= 0.6 is 0 Å². The van der Waals surface area contributed by atoms with E-state index in [1.165, 1.54) is 0 Å². The molecule has 8 nitrogen and oxygen atoms in total. The van der Waals surface area contributed by atoms with Gasteiger partial charge >= 0.3 is 5.97 Å². The Morgan fingerprint density at radius 3 is 2.50 bits per heavy atom. The van der Waals surface area contributed by atoms with E-state index in [2.05, 4.69) is 15.0 Å². The number of carbonyl (C=O) groups excluding carboxylic acids is 2.